The topological polar surface area (TPSA) is 109 Å². The molecule has 0 aromatic heterocycles. The minimum absolute atomic E-state index is 0.0423. The number of amides is 2. The van der Waals surface area contributed by atoms with Crippen LogP contribution in [0.2, 0.25) is 0 Å². The van der Waals surface area contributed by atoms with Crippen LogP contribution in [0.15, 0.2) is 41.5 Å². The van der Waals surface area contributed by atoms with E-state index in [1.54, 1.807) is 29.2 Å². The molecule has 0 radical (unpaired) electrons. The lowest BCUT2D eigenvalue weighted by Gasteiger charge is -2.34. The van der Waals surface area contributed by atoms with E-state index >= 15 is 0 Å². The number of aromatic hydroxyl groups is 1. The van der Waals surface area contributed by atoms with Crippen LogP contribution in [0.5, 0.6) is 5.75 Å². The molecular formula is C24H26FN5O3. The first-order valence-corrected chi connectivity index (χ1v) is 10.8. The molecule has 2 N–H and O–H groups in total. The molecule has 33 heavy (non-hydrogen) atoms. The Hall–Kier alpha value is -3.77. The van der Waals surface area contributed by atoms with Crippen LogP contribution in [0.4, 0.5) is 4.39 Å². The fourth-order valence-electron chi connectivity index (χ4n) is 3.63. The van der Waals surface area contributed by atoms with Crippen LogP contribution in [0, 0.1) is 17.1 Å². The van der Waals surface area contributed by atoms with Crippen molar-refractivity contribution in [3.63, 3.8) is 0 Å². The maximum Gasteiger partial charge on any atom is 0.254 e. The number of phenolic OH excluding ortho intramolecular Hbond substituents is 1. The Labute approximate surface area is 191 Å². The summed E-state index contributed by atoms with van der Waals surface area (Å²) >= 11 is 0. The Morgan fingerprint density at radius 3 is 2.55 bits per heavy atom. The predicted octanol–water partition coefficient (Wildman–Crippen LogP) is 2.26. The number of halogens is 1. The van der Waals surface area contributed by atoms with E-state index in [1.807, 2.05) is 17.9 Å². The van der Waals surface area contributed by atoms with Crippen LogP contribution >= 0.6 is 0 Å². The van der Waals surface area contributed by atoms with Crippen LogP contribution < -0.4 is 5.43 Å². The summed E-state index contributed by atoms with van der Waals surface area (Å²) in [4.78, 5) is 28.4. The highest BCUT2D eigenvalue weighted by atomic mass is 19.1. The maximum atomic E-state index is 13.7. The maximum absolute atomic E-state index is 13.7. The van der Waals surface area contributed by atoms with E-state index < -0.39 is 5.82 Å². The fourth-order valence-corrected chi connectivity index (χ4v) is 3.63. The number of hydrazone groups is 1. The smallest absolute Gasteiger partial charge is 0.254 e. The number of rotatable bonds is 7. The van der Waals surface area contributed by atoms with Gasteiger partial charge in [0.2, 0.25) is 0 Å². The molecule has 0 saturated carbocycles. The molecule has 2 aromatic carbocycles. The Morgan fingerprint density at radius 2 is 1.91 bits per heavy atom. The van der Waals surface area contributed by atoms with Crippen LogP contribution in [-0.2, 0) is 11.2 Å². The van der Waals surface area contributed by atoms with E-state index in [-0.39, 0.29) is 29.7 Å². The molecule has 0 aliphatic carbocycles. The normalized spacial score (nSPS) is 14.3. The van der Waals surface area contributed by atoms with Crippen molar-refractivity contribution >= 4 is 18.0 Å². The van der Waals surface area contributed by atoms with Gasteiger partial charge in [-0.15, -0.1) is 0 Å². The average molecular weight is 452 g/mol. The van der Waals surface area contributed by atoms with Gasteiger partial charge in [0, 0.05) is 37.3 Å². The van der Waals surface area contributed by atoms with Crippen LogP contribution in [0.25, 0.3) is 0 Å². The lowest BCUT2D eigenvalue weighted by Crippen LogP contribution is -2.50. The second-order valence-corrected chi connectivity index (χ2v) is 7.80. The van der Waals surface area contributed by atoms with Crippen LogP contribution in [0.1, 0.15) is 40.4 Å². The van der Waals surface area contributed by atoms with Gasteiger partial charge in [-0.1, -0.05) is 13.3 Å². The molecule has 3 rings (SSSR count). The molecule has 9 heteroatoms. The predicted molar refractivity (Wildman–Crippen MR) is 121 cm³/mol. The molecule has 8 nitrogen and oxygen atoms in total. The van der Waals surface area contributed by atoms with E-state index in [0.717, 1.165) is 12.5 Å². The highest BCUT2D eigenvalue weighted by Crippen LogP contribution is 2.24. The van der Waals surface area contributed by atoms with E-state index in [0.29, 0.717) is 49.3 Å². The summed E-state index contributed by atoms with van der Waals surface area (Å²) in [6.45, 7) is 4.06. The molecule has 2 aromatic rings. The summed E-state index contributed by atoms with van der Waals surface area (Å²) in [7, 11) is 0. The van der Waals surface area contributed by atoms with Crippen molar-refractivity contribution in [2.24, 2.45) is 5.10 Å². The number of nitrogens with zero attached hydrogens (tertiary/aromatic N) is 4. The van der Waals surface area contributed by atoms with E-state index in [2.05, 4.69) is 10.5 Å². The van der Waals surface area contributed by atoms with Gasteiger partial charge in [-0.05, 0) is 48.4 Å². The van der Waals surface area contributed by atoms with E-state index in [4.69, 9.17) is 5.26 Å². The highest BCUT2D eigenvalue weighted by Gasteiger charge is 2.23. The second kappa shape index (κ2) is 11.2. The average Bonchev–Trinajstić information content (AvgIpc) is 2.82. The number of phenols is 1. The summed E-state index contributed by atoms with van der Waals surface area (Å²) in [6.07, 6.45) is 2.52. The van der Waals surface area contributed by atoms with Crippen molar-refractivity contribution in [2.45, 2.75) is 19.8 Å². The van der Waals surface area contributed by atoms with Gasteiger partial charge in [-0.3, -0.25) is 14.5 Å². The van der Waals surface area contributed by atoms with Gasteiger partial charge in [-0.25, -0.2) is 9.82 Å². The number of nitrogens with one attached hydrogen (secondary N) is 1. The van der Waals surface area contributed by atoms with Crippen LogP contribution in [-0.4, -0.2) is 65.7 Å². The summed E-state index contributed by atoms with van der Waals surface area (Å²) in [6, 6.07) is 11.0. The third kappa shape index (κ3) is 6.37. The zero-order chi connectivity index (χ0) is 23.8. The number of nitriles is 1. The van der Waals surface area contributed by atoms with Crippen LogP contribution in [0.3, 0.4) is 0 Å². The molecule has 1 fully saturated rings. The van der Waals surface area contributed by atoms with Crippen molar-refractivity contribution in [3.05, 3.63) is 64.5 Å². The molecule has 2 amide bonds. The zero-order valence-corrected chi connectivity index (χ0v) is 18.4. The van der Waals surface area contributed by atoms with Crippen molar-refractivity contribution < 1.29 is 19.1 Å². The summed E-state index contributed by atoms with van der Waals surface area (Å²) in [5.41, 5.74) is 4.12. The number of carbonyl (C=O) groups is 2. The van der Waals surface area contributed by atoms with Gasteiger partial charge < -0.3 is 10.0 Å². The van der Waals surface area contributed by atoms with E-state index in [1.165, 1.54) is 12.3 Å². The number of aryl methyl sites for hydroxylation is 1. The lowest BCUT2D eigenvalue weighted by molar-refractivity contribution is -0.122. The van der Waals surface area contributed by atoms with Crippen molar-refractivity contribution in [1.82, 2.24) is 15.2 Å². The Kier molecular flexibility index (Phi) is 8.11. The summed E-state index contributed by atoms with van der Waals surface area (Å²) < 4.78 is 13.7. The van der Waals surface area contributed by atoms with Gasteiger partial charge >= 0.3 is 0 Å². The molecule has 0 unspecified atom stereocenters. The molecule has 0 bridgehead atoms. The number of piperazine rings is 1. The standard InChI is InChI=1S/C24H26FN5O3/c1-2-3-19-12-21(25)13-20(23(19)32)15-27-28-22(31)16-29-8-10-30(11-9-29)24(33)18-6-4-17(14-26)5-7-18/h4-7,12-13,15,32H,2-3,8-11,16H2,1H3,(H,28,31). The Balaban J connectivity index is 1.47. The monoisotopic (exact) mass is 451 g/mol. The number of hydrogen-bond acceptors (Lipinski definition) is 6. The van der Waals surface area contributed by atoms with Gasteiger partial charge in [0.1, 0.15) is 11.6 Å². The van der Waals surface area contributed by atoms with Crippen molar-refractivity contribution in [1.29, 1.82) is 5.26 Å². The fraction of sp³-hybridized carbons (Fsp3) is 0.333. The first-order chi connectivity index (χ1) is 15.9. The quantitative estimate of drug-likeness (QED) is 0.496. The molecule has 0 atom stereocenters. The molecule has 1 heterocycles. The largest absolute Gasteiger partial charge is 0.507 e. The van der Waals surface area contributed by atoms with Gasteiger partial charge in [0.05, 0.1) is 24.4 Å². The van der Waals surface area contributed by atoms with E-state index in [9.17, 15) is 19.1 Å². The molecule has 1 saturated heterocycles. The minimum Gasteiger partial charge on any atom is -0.507 e. The second-order valence-electron chi connectivity index (χ2n) is 7.80. The molecule has 172 valence electrons. The van der Waals surface area contributed by atoms with Crippen molar-refractivity contribution in [2.75, 3.05) is 32.7 Å². The molecular weight excluding hydrogens is 425 g/mol. The number of carbonyl (C=O) groups excluding carboxylic acids is 2. The lowest BCUT2D eigenvalue weighted by atomic mass is 10.1. The van der Waals surface area contributed by atoms with Gasteiger partial charge in [0.25, 0.3) is 11.8 Å². The number of benzene rings is 2. The third-order valence-corrected chi connectivity index (χ3v) is 5.38. The SMILES string of the molecule is CCCc1cc(F)cc(C=NNC(=O)CN2CCN(C(=O)c3ccc(C#N)cc3)CC2)c1O. The van der Waals surface area contributed by atoms with Gasteiger partial charge in [0.15, 0.2) is 0 Å². The first kappa shape index (κ1) is 23.9. The molecule has 1 aliphatic rings. The Bertz CT molecular complexity index is 1070. The zero-order valence-electron chi connectivity index (χ0n) is 18.4. The summed E-state index contributed by atoms with van der Waals surface area (Å²) in [5.74, 6) is -0.968. The highest BCUT2D eigenvalue weighted by molar-refractivity contribution is 5.94. The molecule has 1 aliphatic heterocycles. The third-order valence-electron chi connectivity index (χ3n) is 5.38. The summed E-state index contributed by atoms with van der Waals surface area (Å²) in [5, 5.41) is 22.9. The number of hydrogen-bond donors (Lipinski definition) is 2. The Morgan fingerprint density at radius 1 is 1.21 bits per heavy atom. The van der Waals surface area contributed by atoms with Gasteiger partial charge in [-0.2, -0.15) is 10.4 Å². The first-order valence-electron chi connectivity index (χ1n) is 10.8. The van der Waals surface area contributed by atoms with Crippen molar-refractivity contribution in [3.8, 4) is 11.8 Å². The minimum atomic E-state index is -0.475. The molecule has 0 spiro atoms.